The van der Waals surface area contributed by atoms with Gasteiger partial charge in [-0.2, -0.15) is 0 Å². The molecule has 0 radical (unpaired) electrons. The molecule has 18 heavy (non-hydrogen) atoms. The van der Waals surface area contributed by atoms with Crippen molar-refractivity contribution >= 4 is 6.09 Å². The summed E-state index contributed by atoms with van der Waals surface area (Å²) in [7, 11) is 0. The Morgan fingerprint density at radius 3 is 2.72 bits per heavy atom. The van der Waals surface area contributed by atoms with Gasteiger partial charge in [0.15, 0.2) is 0 Å². The predicted molar refractivity (Wildman–Crippen MR) is 71.6 cm³/mol. The Labute approximate surface area is 110 Å². The van der Waals surface area contributed by atoms with E-state index in [-0.39, 0.29) is 6.09 Å². The lowest BCUT2D eigenvalue weighted by atomic mass is 9.87. The highest BCUT2D eigenvalue weighted by atomic mass is 16.6. The number of carbonyl (C=O) groups is 1. The number of hydrogen-bond acceptors (Lipinski definition) is 3. The SMILES string of the molecule is CCOC(=O)N1CCCCCC1C1CCNCC1. The van der Waals surface area contributed by atoms with E-state index in [2.05, 4.69) is 5.32 Å². The number of rotatable bonds is 2. The minimum absolute atomic E-state index is 0.0945. The standard InChI is InChI=1S/C14H26N2O2/c1-2-18-14(17)16-11-5-3-4-6-13(16)12-7-9-15-10-8-12/h12-13,15H,2-11H2,1H3. The van der Waals surface area contributed by atoms with Crippen molar-refractivity contribution in [3.8, 4) is 0 Å². The summed E-state index contributed by atoms with van der Waals surface area (Å²) < 4.78 is 5.23. The lowest BCUT2D eigenvalue weighted by molar-refractivity contribution is 0.0703. The third-order valence-electron chi connectivity index (χ3n) is 4.23. The molecular formula is C14H26N2O2. The maximum atomic E-state index is 12.1. The zero-order chi connectivity index (χ0) is 12.8. The molecule has 1 unspecified atom stereocenters. The van der Waals surface area contributed by atoms with Gasteiger partial charge in [0.2, 0.25) is 0 Å². The van der Waals surface area contributed by atoms with E-state index in [1.54, 1.807) is 0 Å². The molecule has 1 N–H and O–H groups in total. The first-order valence-corrected chi connectivity index (χ1v) is 7.47. The average Bonchev–Trinajstić information content (AvgIpc) is 2.65. The maximum absolute atomic E-state index is 12.1. The van der Waals surface area contributed by atoms with Crippen molar-refractivity contribution in [1.82, 2.24) is 10.2 Å². The van der Waals surface area contributed by atoms with Gasteiger partial charge in [-0.3, -0.25) is 0 Å². The lowest BCUT2D eigenvalue weighted by Gasteiger charge is -2.37. The van der Waals surface area contributed by atoms with Crippen molar-refractivity contribution in [1.29, 1.82) is 0 Å². The highest BCUT2D eigenvalue weighted by Gasteiger charge is 2.33. The van der Waals surface area contributed by atoms with Gasteiger partial charge in [0, 0.05) is 12.6 Å². The molecule has 0 spiro atoms. The average molecular weight is 254 g/mol. The van der Waals surface area contributed by atoms with Crippen LogP contribution in [0.2, 0.25) is 0 Å². The minimum Gasteiger partial charge on any atom is -0.450 e. The van der Waals surface area contributed by atoms with Gasteiger partial charge in [-0.25, -0.2) is 4.79 Å². The molecule has 1 atom stereocenters. The molecule has 0 aromatic carbocycles. The number of carbonyl (C=O) groups excluding carboxylic acids is 1. The fourth-order valence-corrected chi connectivity index (χ4v) is 3.29. The van der Waals surface area contributed by atoms with Gasteiger partial charge >= 0.3 is 6.09 Å². The van der Waals surface area contributed by atoms with E-state index in [0.29, 0.717) is 18.6 Å². The Hall–Kier alpha value is -0.770. The number of nitrogens with zero attached hydrogens (tertiary/aromatic N) is 1. The fraction of sp³-hybridized carbons (Fsp3) is 0.929. The van der Waals surface area contributed by atoms with Gasteiger partial charge in [0.05, 0.1) is 6.61 Å². The number of ether oxygens (including phenoxy) is 1. The Kier molecular flexibility index (Phi) is 5.29. The summed E-state index contributed by atoms with van der Waals surface area (Å²) in [5.74, 6) is 0.661. The Morgan fingerprint density at radius 1 is 1.22 bits per heavy atom. The predicted octanol–water partition coefficient (Wildman–Crippen LogP) is 2.39. The quantitative estimate of drug-likeness (QED) is 0.822. The molecule has 0 bridgehead atoms. The number of hydrogen-bond donors (Lipinski definition) is 1. The summed E-state index contributed by atoms with van der Waals surface area (Å²) in [4.78, 5) is 14.1. The zero-order valence-corrected chi connectivity index (χ0v) is 11.5. The molecule has 0 saturated carbocycles. The van der Waals surface area contributed by atoms with Gasteiger partial charge in [-0.05, 0) is 51.6 Å². The molecule has 2 aliphatic heterocycles. The topological polar surface area (TPSA) is 41.6 Å². The van der Waals surface area contributed by atoms with Crippen LogP contribution in [-0.4, -0.2) is 43.3 Å². The summed E-state index contributed by atoms with van der Waals surface area (Å²) in [6.07, 6.45) is 7.08. The van der Waals surface area contributed by atoms with E-state index in [1.165, 1.54) is 25.7 Å². The highest BCUT2D eigenvalue weighted by molar-refractivity contribution is 5.68. The molecule has 2 saturated heterocycles. The van der Waals surface area contributed by atoms with E-state index in [4.69, 9.17) is 4.74 Å². The van der Waals surface area contributed by atoms with Gasteiger partial charge in [0.25, 0.3) is 0 Å². The van der Waals surface area contributed by atoms with Crippen molar-refractivity contribution in [2.75, 3.05) is 26.2 Å². The van der Waals surface area contributed by atoms with Crippen LogP contribution < -0.4 is 5.32 Å². The zero-order valence-electron chi connectivity index (χ0n) is 11.5. The van der Waals surface area contributed by atoms with Crippen LogP contribution in [-0.2, 0) is 4.74 Å². The number of amides is 1. The largest absolute Gasteiger partial charge is 0.450 e. The molecule has 2 aliphatic rings. The number of piperidine rings is 1. The number of likely N-dealkylation sites (tertiary alicyclic amines) is 1. The van der Waals surface area contributed by atoms with E-state index >= 15 is 0 Å². The van der Waals surface area contributed by atoms with E-state index in [0.717, 1.165) is 32.5 Å². The van der Waals surface area contributed by atoms with Crippen LogP contribution >= 0.6 is 0 Å². The summed E-state index contributed by atoms with van der Waals surface area (Å²) in [5, 5.41) is 3.40. The summed E-state index contributed by atoms with van der Waals surface area (Å²) in [6.45, 7) is 5.44. The van der Waals surface area contributed by atoms with Crippen LogP contribution in [0.1, 0.15) is 45.4 Å². The molecule has 2 rings (SSSR count). The minimum atomic E-state index is -0.0945. The van der Waals surface area contributed by atoms with Crippen LogP contribution in [0.4, 0.5) is 4.79 Å². The summed E-state index contributed by atoms with van der Waals surface area (Å²) >= 11 is 0. The van der Waals surface area contributed by atoms with Crippen LogP contribution in [0.15, 0.2) is 0 Å². The first-order chi connectivity index (χ1) is 8.83. The smallest absolute Gasteiger partial charge is 0.410 e. The molecule has 0 aromatic heterocycles. The van der Waals surface area contributed by atoms with Crippen LogP contribution in [0, 0.1) is 5.92 Å². The van der Waals surface area contributed by atoms with Crippen LogP contribution in [0.5, 0.6) is 0 Å². The summed E-state index contributed by atoms with van der Waals surface area (Å²) in [5.41, 5.74) is 0. The van der Waals surface area contributed by atoms with Gasteiger partial charge in [-0.1, -0.05) is 12.8 Å². The second kappa shape index (κ2) is 6.98. The Bertz CT molecular complexity index is 265. The van der Waals surface area contributed by atoms with E-state index in [9.17, 15) is 4.79 Å². The molecule has 1 amide bonds. The Balaban J connectivity index is 2.03. The first kappa shape index (κ1) is 13.7. The van der Waals surface area contributed by atoms with Crippen molar-refractivity contribution in [3.63, 3.8) is 0 Å². The van der Waals surface area contributed by atoms with Gasteiger partial charge in [0.1, 0.15) is 0 Å². The Morgan fingerprint density at radius 2 is 2.00 bits per heavy atom. The van der Waals surface area contributed by atoms with Gasteiger partial charge < -0.3 is 15.0 Å². The molecule has 4 nitrogen and oxygen atoms in total. The second-order valence-electron chi connectivity index (χ2n) is 5.40. The molecule has 4 heteroatoms. The molecule has 0 aromatic rings. The molecular weight excluding hydrogens is 228 g/mol. The maximum Gasteiger partial charge on any atom is 0.410 e. The van der Waals surface area contributed by atoms with Crippen molar-refractivity contribution in [2.24, 2.45) is 5.92 Å². The monoisotopic (exact) mass is 254 g/mol. The van der Waals surface area contributed by atoms with Crippen LogP contribution in [0.25, 0.3) is 0 Å². The van der Waals surface area contributed by atoms with Crippen LogP contribution in [0.3, 0.4) is 0 Å². The molecule has 2 fully saturated rings. The molecule has 2 heterocycles. The highest BCUT2D eigenvalue weighted by Crippen LogP contribution is 2.28. The van der Waals surface area contributed by atoms with Crippen molar-refractivity contribution < 1.29 is 9.53 Å². The number of nitrogens with one attached hydrogen (secondary N) is 1. The normalized spacial score (nSPS) is 26.7. The van der Waals surface area contributed by atoms with Crippen molar-refractivity contribution in [3.05, 3.63) is 0 Å². The summed E-state index contributed by atoms with van der Waals surface area (Å²) in [6, 6.07) is 0.411. The van der Waals surface area contributed by atoms with E-state index in [1.807, 2.05) is 11.8 Å². The fourth-order valence-electron chi connectivity index (χ4n) is 3.29. The lowest BCUT2D eigenvalue weighted by Crippen LogP contribution is -2.47. The molecule has 104 valence electrons. The van der Waals surface area contributed by atoms with Crippen molar-refractivity contribution in [2.45, 2.75) is 51.5 Å². The third-order valence-corrected chi connectivity index (χ3v) is 4.23. The van der Waals surface area contributed by atoms with E-state index < -0.39 is 0 Å². The van der Waals surface area contributed by atoms with Gasteiger partial charge in [-0.15, -0.1) is 0 Å². The first-order valence-electron chi connectivity index (χ1n) is 7.47. The third kappa shape index (κ3) is 3.37. The second-order valence-corrected chi connectivity index (χ2v) is 5.40. The molecule has 0 aliphatic carbocycles.